The summed E-state index contributed by atoms with van der Waals surface area (Å²) in [5, 5.41) is 4.79. The molecule has 34 heavy (non-hydrogen) atoms. The van der Waals surface area contributed by atoms with Crippen LogP contribution < -0.4 is 10.9 Å². The maximum absolute atomic E-state index is 13.6. The summed E-state index contributed by atoms with van der Waals surface area (Å²) in [4.78, 5) is 36.2. The molecule has 170 valence electrons. The van der Waals surface area contributed by atoms with Crippen LogP contribution in [0.3, 0.4) is 0 Å². The Morgan fingerprint density at radius 1 is 1.12 bits per heavy atom. The van der Waals surface area contributed by atoms with Gasteiger partial charge in [-0.2, -0.15) is 0 Å². The molecule has 9 heteroatoms. The van der Waals surface area contributed by atoms with Crippen molar-refractivity contribution in [1.29, 1.82) is 0 Å². The molecule has 0 bridgehead atoms. The molecule has 6 nitrogen and oxygen atoms in total. The predicted molar refractivity (Wildman–Crippen MR) is 140 cm³/mol. The first kappa shape index (κ1) is 22.6. The van der Waals surface area contributed by atoms with Crippen LogP contribution in [0.5, 0.6) is 0 Å². The second-order valence-electron chi connectivity index (χ2n) is 7.66. The number of hydrogen-bond acceptors (Lipinski definition) is 6. The fourth-order valence-corrected chi connectivity index (χ4v) is 5.64. The molecule has 0 fully saturated rings. The first-order valence-corrected chi connectivity index (χ1v) is 12.7. The molecule has 0 unspecified atom stereocenters. The Labute approximate surface area is 208 Å². The third-order valence-electron chi connectivity index (χ3n) is 5.36. The van der Waals surface area contributed by atoms with E-state index in [1.165, 1.54) is 23.1 Å². The van der Waals surface area contributed by atoms with E-state index < -0.39 is 0 Å². The van der Waals surface area contributed by atoms with Gasteiger partial charge in [0.05, 0.1) is 17.8 Å². The average molecular weight is 507 g/mol. The van der Waals surface area contributed by atoms with Crippen molar-refractivity contribution in [1.82, 2.24) is 14.5 Å². The minimum atomic E-state index is -0.172. The number of amides is 1. The summed E-state index contributed by atoms with van der Waals surface area (Å²) in [7, 11) is 0. The largest absolute Gasteiger partial charge is 0.325 e. The quantitative estimate of drug-likeness (QED) is 0.234. The molecule has 0 aliphatic heterocycles. The fraction of sp³-hybridized carbons (Fsp3) is 0.120. The number of pyridine rings is 1. The van der Waals surface area contributed by atoms with E-state index in [2.05, 4.69) is 10.3 Å². The van der Waals surface area contributed by atoms with Crippen molar-refractivity contribution >= 4 is 66.7 Å². The molecule has 5 aromatic rings. The number of para-hydroxylation sites is 1. The van der Waals surface area contributed by atoms with Gasteiger partial charge in [-0.05, 0) is 42.3 Å². The number of carbonyl (C=O) groups is 1. The van der Waals surface area contributed by atoms with Crippen LogP contribution in [0.2, 0.25) is 5.02 Å². The van der Waals surface area contributed by atoms with Crippen molar-refractivity contribution in [2.75, 3.05) is 11.1 Å². The van der Waals surface area contributed by atoms with Crippen molar-refractivity contribution in [3.8, 4) is 0 Å². The summed E-state index contributed by atoms with van der Waals surface area (Å²) in [5.74, 6) is -0.0652. The van der Waals surface area contributed by atoms with Crippen molar-refractivity contribution in [3.63, 3.8) is 0 Å². The predicted octanol–water partition coefficient (Wildman–Crippen LogP) is 5.75. The molecule has 0 aliphatic rings. The Morgan fingerprint density at radius 2 is 1.91 bits per heavy atom. The van der Waals surface area contributed by atoms with E-state index in [0.717, 1.165) is 27.0 Å². The molecule has 0 saturated carbocycles. The number of nitrogens with one attached hydrogen (secondary N) is 1. The van der Waals surface area contributed by atoms with E-state index in [9.17, 15) is 9.59 Å². The van der Waals surface area contributed by atoms with E-state index in [-0.39, 0.29) is 23.8 Å². The molecule has 0 aliphatic carbocycles. The van der Waals surface area contributed by atoms with Crippen LogP contribution in [0.25, 0.3) is 20.4 Å². The number of anilines is 1. The highest BCUT2D eigenvalue weighted by atomic mass is 35.5. The number of fused-ring (bicyclic) bond motifs is 3. The number of rotatable bonds is 6. The second-order valence-corrected chi connectivity index (χ2v) is 10.0. The molecule has 1 amide bonds. The Bertz CT molecular complexity index is 1600. The summed E-state index contributed by atoms with van der Waals surface area (Å²) in [6.07, 6.45) is 1.70. The first-order chi connectivity index (χ1) is 16.5. The number of hydrogen-bond donors (Lipinski definition) is 1. The number of thioether (sulfide) groups is 1. The highest BCUT2D eigenvalue weighted by Gasteiger charge is 2.19. The normalized spacial score (nSPS) is 11.2. The maximum atomic E-state index is 13.6. The number of benzene rings is 2. The van der Waals surface area contributed by atoms with Crippen molar-refractivity contribution < 1.29 is 4.79 Å². The van der Waals surface area contributed by atoms with Gasteiger partial charge in [-0.1, -0.05) is 59.8 Å². The van der Waals surface area contributed by atoms with Gasteiger partial charge in [0.15, 0.2) is 5.16 Å². The lowest BCUT2D eigenvalue weighted by atomic mass is 10.2. The van der Waals surface area contributed by atoms with E-state index >= 15 is 0 Å². The van der Waals surface area contributed by atoms with Gasteiger partial charge in [-0.3, -0.25) is 14.2 Å². The van der Waals surface area contributed by atoms with Gasteiger partial charge in [-0.15, -0.1) is 11.3 Å². The number of aromatic nitrogens is 3. The summed E-state index contributed by atoms with van der Waals surface area (Å²) >= 11 is 8.93. The number of aryl methyl sites for hydroxylation is 1. The van der Waals surface area contributed by atoms with Crippen LogP contribution in [0.1, 0.15) is 11.1 Å². The average Bonchev–Trinajstić information content (AvgIpc) is 3.21. The van der Waals surface area contributed by atoms with Crippen LogP contribution in [-0.2, 0) is 11.3 Å². The molecule has 0 saturated heterocycles. The van der Waals surface area contributed by atoms with Gasteiger partial charge in [0.1, 0.15) is 9.53 Å². The minimum absolute atomic E-state index is 0.106. The minimum Gasteiger partial charge on any atom is -0.325 e. The van der Waals surface area contributed by atoms with Crippen molar-refractivity contribution in [3.05, 3.63) is 93.4 Å². The Hall–Kier alpha value is -3.20. The molecule has 0 radical (unpaired) electrons. The Balaban J connectivity index is 1.53. The molecular formula is C25H19ClN4O2S2. The van der Waals surface area contributed by atoms with Gasteiger partial charge < -0.3 is 5.32 Å². The topological polar surface area (TPSA) is 76.9 Å². The van der Waals surface area contributed by atoms with E-state index in [1.54, 1.807) is 16.8 Å². The molecule has 0 atom stereocenters. The fourth-order valence-electron chi connectivity index (χ4n) is 3.62. The highest BCUT2D eigenvalue weighted by molar-refractivity contribution is 7.99. The highest BCUT2D eigenvalue weighted by Crippen LogP contribution is 2.31. The summed E-state index contributed by atoms with van der Waals surface area (Å²) in [6, 6.07) is 18.7. The van der Waals surface area contributed by atoms with Crippen LogP contribution in [0.4, 0.5) is 5.69 Å². The SMILES string of the molecule is Cc1ccccc1NC(=O)CSc1nc2c(sc3ncccc32)c(=O)n1Cc1ccccc1Cl. The lowest BCUT2D eigenvalue weighted by molar-refractivity contribution is -0.113. The van der Waals surface area contributed by atoms with Gasteiger partial charge in [-0.25, -0.2) is 9.97 Å². The van der Waals surface area contributed by atoms with Gasteiger partial charge in [0.2, 0.25) is 5.91 Å². The van der Waals surface area contributed by atoms with Crippen molar-refractivity contribution in [2.45, 2.75) is 18.6 Å². The summed E-state index contributed by atoms with van der Waals surface area (Å²) in [6.45, 7) is 2.19. The zero-order valence-electron chi connectivity index (χ0n) is 18.1. The number of thiophene rings is 1. The van der Waals surface area contributed by atoms with E-state index in [0.29, 0.717) is 20.4 Å². The van der Waals surface area contributed by atoms with Crippen LogP contribution >= 0.6 is 34.7 Å². The molecule has 3 heterocycles. The third-order valence-corrected chi connectivity index (χ3v) is 7.79. The number of nitrogens with zero attached hydrogens (tertiary/aromatic N) is 3. The molecule has 5 rings (SSSR count). The Morgan fingerprint density at radius 3 is 2.74 bits per heavy atom. The van der Waals surface area contributed by atoms with Crippen LogP contribution in [-0.4, -0.2) is 26.2 Å². The number of carbonyl (C=O) groups excluding carboxylic acids is 1. The van der Waals surface area contributed by atoms with Gasteiger partial charge in [0, 0.05) is 22.3 Å². The molecule has 1 N–H and O–H groups in total. The third kappa shape index (κ3) is 4.44. The van der Waals surface area contributed by atoms with Crippen LogP contribution in [0, 0.1) is 6.92 Å². The van der Waals surface area contributed by atoms with Crippen molar-refractivity contribution in [2.24, 2.45) is 0 Å². The summed E-state index contributed by atoms with van der Waals surface area (Å²) in [5.41, 5.74) is 2.98. The second kappa shape index (κ2) is 9.58. The first-order valence-electron chi connectivity index (χ1n) is 10.5. The van der Waals surface area contributed by atoms with Crippen LogP contribution in [0.15, 0.2) is 76.8 Å². The molecule has 3 aromatic heterocycles. The van der Waals surface area contributed by atoms with Gasteiger partial charge >= 0.3 is 0 Å². The summed E-state index contributed by atoms with van der Waals surface area (Å²) < 4.78 is 2.12. The molecule has 2 aromatic carbocycles. The zero-order valence-corrected chi connectivity index (χ0v) is 20.5. The number of halogens is 1. The standard InChI is InChI=1S/C25H19ClN4O2S2/c1-15-7-2-5-11-19(15)28-20(31)14-33-25-29-21-17-9-6-12-27-23(17)34-22(21)24(32)30(25)13-16-8-3-4-10-18(16)26/h2-12H,13-14H2,1H3,(H,28,31). The lowest BCUT2D eigenvalue weighted by Crippen LogP contribution is -2.24. The maximum Gasteiger partial charge on any atom is 0.272 e. The van der Waals surface area contributed by atoms with Gasteiger partial charge in [0.25, 0.3) is 5.56 Å². The monoisotopic (exact) mass is 506 g/mol. The zero-order chi connectivity index (χ0) is 23.7. The lowest BCUT2D eigenvalue weighted by Gasteiger charge is -2.13. The van der Waals surface area contributed by atoms with E-state index in [4.69, 9.17) is 16.6 Å². The molecular weight excluding hydrogens is 488 g/mol. The smallest absolute Gasteiger partial charge is 0.272 e. The Kier molecular flexibility index (Phi) is 6.36. The van der Waals surface area contributed by atoms with E-state index in [1.807, 2.05) is 61.5 Å². The molecule has 0 spiro atoms.